The van der Waals surface area contributed by atoms with Crippen molar-refractivity contribution in [2.75, 3.05) is 5.32 Å². The second-order valence-electron chi connectivity index (χ2n) is 4.11. The number of carbonyl (C=O) groups is 1. The Bertz CT molecular complexity index is 680. The van der Waals surface area contributed by atoms with Gasteiger partial charge >= 0.3 is 0 Å². The molecule has 0 saturated carbocycles. The summed E-state index contributed by atoms with van der Waals surface area (Å²) in [6.45, 7) is 0. The number of amidine groups is 1. The van der Waals surface area contributed by atoms with Crippen molar-refractivity contribution < 1.29 is 18.8 Å². The number of hydrogen-bond donors (Lipinski definition) is 3. The van der Waals surface area contributed by atoms with Crippen LogP contribution in [0.25, 0.3) is 0 Å². The highest BCUT2D eigenvalue weighted by Crippen LogP contribution is 2.15. The molecule has 0 fully saturated rings. The van der Waals surface area contributed by atoms with Gasteiger partial charge in [-0.1, -0.05) is 11.2 Å². The zero-order valence-corrected chi connectivity index (χ0v) is 10.7. The van der Waals surface area contributed by atoms with E-state index in [1.54, 1.807) is 0 Å². The molecule has 1 amide bonds. The van der Waals surface area contributed by atoms with Gasteiger partial charge in [0.05, 0.1) is 0 Å². The Morgan fingerprint density at radius 2 is 1.67 bits per heavy atom. The molecule has 2 aromatic rings. The molecule has 5 nitrogen and oxygen atoms in total. The van der Waals surface area contributed by atoms with Crippen LogP contribution in [0, 0.1) is 11.6 Å². The van der Waals surface area contributed by atoms with E-state index in [1.165, 1.54) is 30.3 Å². The molecule has 0 spiro atoms. The van der Waals surface area contributed by atoms with Crippen LogP contribution >= 0.6 is 0 Å². The van der Waals surface area contributed by atoms with Crippen LogP contribution in [-0.4, -0.2) is 17.0 Å². The van der Waals surface area contributed by atoms with E-state index in [9.17, 15) is 13.6 Å². The minimum atomic E-state index is -0.944. The first-order valence-corrected chi connectivity index (χ1v) is 5.86. The third kappa shape index (κ3) is 3.14. The molecular weight excluding hydrogens is 280 g/mol. The number of oxime groups is 1. The minimum absolute atomic E-state index is 0.0898. The molecule has 2 aromatic carbocycles. The second-order valence-corrected chi connectivity index (χ2v) is 4.11. The number of hydrogen-bond acceptors (Lipinski definition) is 3. The average molecular weight is 291 g/mol. The highest BCUT2D eigenvalue weighted by molar-refractivity contribution is 6.05. The molecular formula is C14H11F2N3O2. The zero-order valence-electron chi connectivity index (χ0n) is 10.7. The Kier molecular flexibility index (Phi) is 4.13. The van der Waals surface area contributed by atoms with Gasteiger partial charge in [0.15, 0.2) is 5.84 Å². The van der Waals surface area contributed by atoms with Gasteiger partial charge < -0.3 is 16.3 Å². The van der Waals surface area contributed by atoms with E-state index in [4.69, 9.17) is 10.9 Å². The van der Waals surface area contributed by atoms with Gasteiger partial charge in [0.25, 0.3) is 5.91 Å². The van der Waals surface area contributed by atoms with Crippen LogP contribution in [0.1, 0.15) is 15.9 Å². The summed E-state index contributed by atoms with van der Waals surface area (Å²) in [7, 11) is 0. The lowest BCUT2D eigenvalue weighted by Crippen LogP contribution is -2.16. The molecule has 0 aliphatic rings. The molecule has 0 radical (unpaired) electrons. The molecule has 0 unspecified atom stereocenters. The maximum absolute atomic E-state index is 13.5. The van der Waals surface area contributed by atoms with E-state index in [1.807, 2.05) is 0 Å². The number of anilines is 1. The summed E-state index contributed by atoms with van der Waals surface area (Å²) >= 11 is 0. The summed E-state index contributed by atoms with van der Waals surface area (Å²) in [4.78, 5) is 11.9. The number of nitrogens with zero attached hydrogens (tertiary/aromatic N) is 1. The fourth-order valence-electron chi connectivity index (χ4n) is 1.69. The van der Waals surface area contributed by atoms with Crippen LogP contribution in [-0.2, 0) is 0 Å². The van der Waals surface area contributed by atoms with Crippen molar-refractivity contribution in [1.82, 2.24) is 0 Å². The SMILES string of the molecule is N/C(=N/O)c1ccc(NC(=O)c2c(F)cccc2F)cc1. The van der Waals surface area contributed by atoms with Gasteiger partial charge in [-0.2, -0.15) is 0 Å². The number of benzene rings is 2. The maximum atomic E-state index is 13.5. The number of nitrogens with two attached hydrogens (primary N) is 1. The van der Waals surface area contributed by atoms with Crippen molar-refractivity contribution in [1.29, 1.82) is 0 Å². The Labute approximate surface area is 118 Å². The first-order valence-electron chi connectivity index (χ1n) is 5.86. The molecule has 2 rings (SSSR count). The molecule has 0 atom stereocenters. The molecule has 0 saturated heterocycles. The number of rotatable bonds is 3. The van der Waals surface area contributed by atoms with E-state index in [0.717, 1.165) is 12.1 Å². The standard InChI is InChI=1S/C14H11F2N3O2/c15-10-2-1-3-11(16)12(10)14(20)18-9-6-4-8(5-7-9)13(17)19-21/h1-7,21H,(H2,17,19)(H,18,20). The van der Waals surface area contributed by atoms with Crippen LogP contribution in [0.5, 0.6) is 0 Å². The summed E-state index contributed by atoms with van der Waals surface area (Å²) < 4.78 is 26.9. The summed E-state index contributed by atoms with van der Waals surface area (Å²) in [6.07, 6.45) is 0. The monoisotopic (exact) mass is 291 g/mol. The van der Waals surface area contributed by atoms with Crippen LogP contribution in [0.15, 0.2) is 47.6 Å². The molecule has 108 valence electrons. The summed E-state index contributed by atoms with van der Waals surface area (Å²) in [5, 5.41) is 13.7. The predicted octanol–water partition coefficient (Wildman–Crippen LogP) is 2.31. The highest BCUT2D eigenvalue weighted by Gasteiger charge is 2.17. The lowest BCUT2D eigenvalue weighted by Gasteiger charge is -2.07. The van der Waals surface area contributed by atoms with Gasteiger partial charge in [-0.05, 0) is 36.4 Å². The number of amides is 1. The summed E-state index contributed by atoms with van der Waals surface area (Å²) in [6, 6.07) is 9.07. The van der Waals surface area contributed by atoms with Gasteiger partial charge in [0, 0.05) is 11.3 Å². The van der Waals surface area contributed by atoms with Crippen molar-refractivity contribution in [2.24, 2.45) is 10.9 Å². The normalized spacial score (nSPS) is 11.2. The molecule has 21 heavy (non-hydrogen) atoms. The predicted molar refractivity (Wildman–Crippen MR) is 73.3 cm³/mol. The largest absolute Gasteiger partial charge is 0.409 e. The van der Waals surface area contributed by atoms with Crippen molar-refractivity contribution >= 4 is 17.4 Å². The first-order chi connectivity index (χ1) is 10.0. The van der Waals surface area contributed by atoms with Gasteiger partial charge in [0.1, 0.15) is 17.2 Å². The lowest BCUT2D eigenvalue weighted by atomic mass is 10.1. The quantitative estimate of drug-likeness (QED) is 0.351. The van der Waals surface area contributed by atoms with E-state index in [-0.39, 0.29) is 5.84 Å². The maximum Gasteiger partial charge on any atom is 0.261 e. The lowest BCUT2D eigenvalue weighted by molar-refractivity contribution is 0.101. The molecule has 0 bridgehead atoms. The average Bonchev–Trinajstić information content (AvgIpc) is 2.47. The molecule has 0 aliphatic heterocycles. The third-order valence-corrected chi connectivity index (χ3v) is 2.74. The topological polar surface area (TPSA) is 87.7 Å². The van der Waals surface area contributed by atoms with Crippen molar-refractivity contribution in [3.05, 3.63) is 65.2 Å². The summed E-state index contributed by atoms with van der Waals surface area (Å²) in [5.74, 6) is -2.88. The van der Waals surface area contributed by atoms with E-state index in [2.05, 4.69) is 10.5 Å². The van der Waals surface area contributed by atoms with Gasteiger partial charge in [-0.25, -0.2) is 8.78 Å². The first kappa shape index (κ1) is 14.4. The zero-order chi connectivity index (χ0) is 15.4. The smallest absolute Gasteiger partial charge is 0.261 e. The van der Waals surface area contributed by atoms with Crippen molar-refractivity contribution in [3.63, 3.8) is 0 Å². The molecule has 4 N–H and O–H groups in total. The van der Waals surface area contributed by atoms with E-state index < -0.39 is 23.1 Å². The van der Waals surface area contributed by atoms with Crippen LogP contribution < -0.4 is 11.1 Å². The van der Waals surface area contributed by atoms with Crippen LogP contribution in [0.2, 0.25) is 0 Å². The second kappa shape index (κ2) is 6.00. The number of carbonyl (C=O) groups excluding carboxylic acids is 1. The Balaban J connectivity index is 2.20. The fourth-order valence-corrected chi connectivity index (χ4v) is 1.69. The molecule has 0 aliphatic carbocycles. The van der Waals surface area contributed by atoms with Gasteiger partial charge in [-0.3, -0.25) is 4.79 Å². The van der Waals surface area contributed by atoms with Crippen LogP contribution in [0.4, 0.5) is 14.5 Å². The van der Waals surface area contributed by atoms with Crippen LogP contribution in [0.3, 0.4) is 0 Å². The minimum Gasteiger partial charge on any atom is -0.409 e. The van der Waals surface area contributed by atoms with Crippen molar-refractivity contribution in [3.8, 4) is 0 Å². The third-order valence-electron chi connectivity index (χ3n) is 2.74. The Hall–Kier alpha value is -2.96. The highest BCUT2D eigenvalue weighted by atomic mass is 19.1. The number of halogens is 2. The van der Waals surface area contributed by atoms with E-state index in [0.29, 0.717) is 11.3 Å². The van der Waals surface area contributed by atoms with Gasteiger partial charge in [-0.15, -0.1) is 0 Å². The Morgan fingerprint density at radius 1 is 1.10 bits per heavy atom. The van der Waals surface area contributed by atoms with Gasteiger partial charge in [0.2, 0.25) is 0 Å². The Morgan fingerprint density at radius 3 is 2.19 bits per heavy atom. The summed E-state index contributed by atoms with van der Waals surface area (Å²) in [5.41, 5.74) is 5.49. The fraction of sp³-hybridized carbons (Fsp3) is 0. The molecule has 0 aromatic heterocycles. The number of nitrogens with one attached hydrogen (secondary N) is 1. The van der Waals surface area contributed by atoms with E-state index >= 15 is 0 Å². The molecule has 7 heteroatoms. The van der Waals surface area contributed by atoms with Crippen molar-refractivity contribution in [2.45, 2.75) is 0 Å². The molecule has 0 heterocycles.